The number of aromatic carboxylic acids is 1. The molecule has 0 saturated heterocycles. The third-order valence-electron chi connectivity index (χ3n) is 0.884. The van der Waals surface area contributed by atoms with Crippen molar-refractivity contribution in [2.75, 3.05) is 0 Å². The van der Waals surface area contributed by atoms with Gasteiger partial charge in [-0.2, -0.15) is 0 Å². The van der Waals surface area contributed by atoms with Crippen LogP contribution in [-0.2, 0) is 6.61 Å². The Morgan fingerprint density at radius 2 is 2.45 bits per heavy atom. The van der Waals surface area contributed by atoms with E-state index in [1.807, 2.05) is 0 Å². The zero-order valence-corrected chi connectivity index (χ0v) is 5.90. The van der Waals surface area contributed by atoms with Gasteiger partial charge in [0.2, 0.25) is 5.89 Å². The third kappa shape index (κ3) is 2.39. The zero-order chi connectivity index (χ0) is 7.56. The molecule has 1 rings (SSSR count). The predicted molar refractivity (Wildman–Crippen MR) is 26.8 cm³/mol. The van der Waals surface area contributed by atoms with Gasteiger partial charge in [0.05, 0.1) is 6.20 Å². The van der Waals surface area contributed by atoms with Gasteiger partial charge in [-0.1, -0.05) is 0 Å². The fraction of sp³-hybridized carbons (Fsp3) is 0.200. The molecule has 0 aromatic carbocycles. The summed E-state index contributed by atoms with van der Waals surface area (Å²) in [6.07, 6.45) is 1.13. The molecule has 54 valence electrons. The van der Waals surface area contributed by atoms with Crippen LogP contribution in [0.3, 0.4) is 0 Å². The molecule has 11 heavy (non-hydrogen) atoms. The SMILES string of the molecule is O=C([O-])c1ncc(CO)o1.[Li+]. The Labute approximate surface area is 74.2 Å². The number of carboxylic acids is 1. The molecule has 0 atom stereocenters. The molecule has 0 aliphatic heterocycles. The van der Waals surface area contributed by atoms with Crippen LogP contribution in [0.25, 0.3) is 0 Å². The first kappa shape index (κ1) is 10.2. The smallest absolute Gasteiger partial charge is 0.540 e. The van der Waals surface area contributed by atoms with Crippen LogP contribution >= 0.6 is 0 Å². The van der Waals surface area contributed by atoms with Crippen LogP contribution in [0.1, 0.15) is 16.4 Å². The number of carbonyl (C=O) groups excluding carboxylic acids is 1. The summed E-state index contributed by atoms with van der Waals surface area (Å²) in [4.78, 5) is 13.3. The maximum Gasteiger partial charge on any atom is 1.00 e. The number of rotatable bonds is 2. The maximum absolute atomic E-state index is 9.98. The van der Waals surface area contributed by atoms with E-state index in [2.05, 4.69) is 9.40 Å². The first-order chi connectivity index (χ1) is 4.74. The van der Waals surface area contributed by atoms with E-state index in [-0.39, 0.29) is 31.2 Å². The molecule has 1 N–H and O–H groups in total. The summed E-state index contributed by atoms with van der Waals surface area (Å²) in [6, 6.07) is 0. The topological polar surface area (TPSA) is 86.4 Å². The van der Waals surface area contributed by atoms with E-state index in [0.29, 0.717) is 0 Å². The molecule has 0 saturated carbocycles. The number of aromatic nitrogens is 1. The van der Waals surface area contributed by atoms with Gasteiger partial charge in [-0.05, 0) is 0 Å². The van der Waals surface area contributed by atoms with Crippen LogP contribution in [0.2, 0.25) is 0 Å². The molecule has 0 radical (unpaired) electrons. The second-order valence-corrected chi connectivity index (χ2v) is 1.58. The minimum Gasteiger partial charge on any atom is -0.540 e. The minimum absolute atomic E-state index is 0. The monoisotopic (exact) mass is 149 g/mol. The van der Waals surface area contributed by atoms with Gasteiger partial charge in [-0.3, -0.25) is 0 Å². The fourth-order valence-corrected chi connectivity index (χ4v) is 0.475. The van der Waals surface area contributed by atoms with Gasteiger partial charge >= 0.3 is 18.9 Å². The second-order valence-electron chi connectivity index (χ2n) is 1.58. The molecule has 6 heteroatoms. The van der Waals surface area contributed by atoms with E-state index in [1.54, 1.807) is 0 Å². The maximum atomic E-state index is 9.98. The largest absolute Gasteiger partial charge is 1.00 e. The van der Waals surface area contributed by atoms with Crippen LogP contribution in [0.15, 0.2) is 10.6 Å². The Hall–Kier alpha value is -0.763. The molecule has 0 unspecified atom stereocenters. The molecule has 0 bridgehead atoms. The Balaban J connectivity index is 0.000001000. The van der Waals surface area contributed by atoms with Crippen molar-refractivity contribution in [2.45, 2.75) is 6.61 Å². The van der Waals surface area contributed by atoms with Crippen molar-refractivity contribution >= 4 is 5.97 Å². The molecular weight excluding hydrogens is 145 g/mol. The van der Waals surface area contributed by atoms with E-state index >= 15 is 0 Å². The third-order valence-corrected chi connectivity index (χ3v) is 0.884. The summed E-state index contributed by atoms with van der Waals surface area (Å²) < 4.78 is 4.47. The summed E-state index contributed by atoms with van der Waals surface area (Å²) >= 11 is 0. The molecule has 0 aliphatic carbocycles. The van der Waals surface area contributed by atoms with Crippen LogP contribution in [0.5, 0.6) is 0 Å². The summed E-state index contributed by atoms with van der Waals surface area (Å²) in [7, 11) is 0. The van der Waals surface area contributed by atoms with Crippen molar-refractivity contribution in [1.29, 1.82) is 0 Å². The first-order valence-corrected chi connectivity index (χ1v) is 2.51. The average Bonchev–Trinajstić information content (AvgIpc) is 2.34. The van der Waals surface area contributed by atoms with Crippen LogP contribution in [0.4, 0.5) is 0 Å². The van der Waals surface area contributed by atoms with Crippen molar-refractivity contribution in [2.24, 2.45) is 0 Å². The van der Waals surface area contributed by atoms with E-state index < -0.39 is 11.9 Å². The first-order valence-electron chi connectivity index (χ1n) is 2.51. The summed E-state index contributed by atoms with van der Waals surface area (Å²) in [5.41, 5.74) is 0. The van der Waals surface area contributed by atoms with E-state index in [4.69, 9.17) is 5.11 Å². The fourth-order valence-electron chi connectivity index (χ4n) is 0.475. The number of aliphatic hydroxyl groups is 1. The summed E-state index contributed by atoms with van der Waals surface area (Å²) in [5, 5.41) is 18.4. The number of carbonyl (C=O) groups is 1. The van der Waals surface area contributed by atoms with Gasteiger partial charge in [-0.25, -0.2) is 4.98 Å². The summed E-state index contributed by atoms with van der Waals surface area (Å²) in [6.45, 7) is -0.361. The van der Waals surface area contributed by atoms with Gasteiger partial charge in [0.15, 0.2) is 0 Å². The normalized spacial score (nSPS) is 8.82. The van der Waals surface area contributed by atoms with E-state index in [1.165, 1.54) is 0 Å². The number of nitrogens with zero attached hydrogens (tertiary/aromatic N) is 1. The summed E-state index contributed by atoms with van der Waals surface area (Å²) in [5.74, 6) is -1.89. The number of hydrogen-bond acceptors (Lipinski definition) is 5. The van der Waals surface area contributed by atoms with Crippen molar-refractivity contribution in [3.05, 3.63) is 17.8 Å². The molecule has 1 aromatic rings. The Morgan fingerprint density at radius 1 is 1.82 bits per heavy atom. The molecular formula is C5H4LiNO4. The van der Waals surface area contributed by atoms with Gasteiger partial charge < -0.3 is 19.4 Å². The van der Waals surface area contributed by atoms with Crippen LogP contribution < -0.4 is 24.0 Å². The zero-order valence-electron chi connectivity index (χ0n) is 5.90. The molecule has 1 heterocycles. The van der Waals surface area contributed by atoms with E-state index in [0.717, 1.165) is 6.20 Å². The van der Waals surface area contributed by atoms with E-state index in [9.17, 15) is 9.90 Å². The van der Waals surface area contributed by atoms with Crippen LogP contribution in [-0.4, -0.2) is 16.1 Å². The molecule has 0 aliphatic rings. The second kappa shape index (κ2) is 4.19. The molecule has 0 fully saturated rings. The quantitative estimate of drug-likeness (QED) is 0.428. The van der Waals surface area contributed by atoms with Gasteiger partial charge in [-0.15, -0.1) is 0 Å². The Morgan fingerprint density at radius 3 is 2.73 bits per heavy atom. The Kier molecular flexibility index (Phi) is 3.90. The van der Waals surface area contributed by atoms with Crippen molar-refractivity contribution in [1.82, 2.24) is 4.98 Å². The molecule has 0 amide bonds. The van der Waals surface area contributed by atoms with Gasteiger partial charge in [0, 0.05) is 0 Å². The number of carboxylic acid groups (broad SMARTS) is 1. The number of aliphatic hydroxyl groups excluding tert-OH is 1. The minimum atomic E-state index is -1.49. The molecule has 1 aromatic heterocycles. The number of oxazole rings is 1. The predicted octanol–water partition coefficient (Wildman–Crippen LogP) is -4.47. The van der Waals surface area contributed by atoms with Gasteiger partial charge in [0.1, 0.15) is 18.3 Å². The van der Waals surface area contributed by atoms with Crippen molar-refractivity contribution in [3.63, 3.8) is 0 Å². The Bertz CT molecular complexity index is 246. The van der Waals surface area contributed by atoms with Crippen molar-refractivity contribution < 1.29 is 38.3 Å². The average molecular weight is 149 g/mol. The number of hydrogen-bond donors (Lipinski definition) is 1. The van der Waals surface area contributed by atoms with Crippen LogP contribution in [0, 0.1) is 0 Å². The van der Waals surface area contributed by atoms with Gasteiger partial charge in [0.25, 0.3) is 0 Å². The van der Waals surface area contributed by atoms with Crippen molar-refractivity contribution in [3.8, 4) is 0 Å². The molecule has 5 nitrogen and oxygen atoms in total. The standard InChI is InChI=1S/C5H5NO4.Li/c7-2-3-1-6-4(10-3)5(8)9;/h1,7H,2H2,(H,8,9);/q;+1/p-1. The molecule has 0 spiro atoms.